The van der Waals surface area contributed by atoms with Gasteiger partial charge in [-0.15, -0.1) is 0 Å². The molecule has 1 N–H and O–H groups in total. The van der Waals surface area contributed by atoms with Gasteiger partial charge in [0.1, 0.15) is 0 Å². The predicted octanol–water partition coefficient (Wildman–Crippen LogP) is 4.12. The summed E-state index contributed by atoms with van der Waals surface area (Å²) in [7, 11) is 0. The molecule has 0 saturated carbocycles. The highest BCUT2D eigenvalue weighted by Gasteiger charge is 2.35. The summed E-state index contributed by atoms with van der Waals surface area (Å²) in [6.45, 7) is 0. The number of benzene rings is 2. The summed E-state index contributed by atoms with van der Waals surface area (Å²) >= 11 is 0. The number of carbonyl (C=O) groups is 1. The zero-order valence-electron chi connectivity index (χ0n) is 11.7. The van der Waals surface area contributed by atoms with Gasteiger partial charge >= 0.3 is 6.18 Å². The van der Waals surface area contributed by atoms with Gasteiger partial charge in [-0.3, -0.25) is 4.79 Å². The van der Waals surface area contributed by atoms with E-state index in [4.69, 9.17) is 0 Å². The second-order valence-corrected chi connectivity index (χ2v) is 5.31. The number of alkyl halides is 3. The van der Waals surface area contributed by atoms with E-state index in [0.29, 0.717) is 6.42 Å². The van der Waals surface area contributed by atoms with Crippen molar-refractivity contribution in [3.05, 3.63) is 70.8 Å². The van der Waals surface area contributed by atoms with Crippen LogP contribution in [0, 0.1) is 0 Å². The van der Waals surface area contributed by atoms with E-state index < -0.39 is 17.6 Å². The number of nitrogens with one attached hydrogen (secondary N) is 1. The summed E-state index contributed by atoms with van der Waals surface area (Å²) in [6, 6.07) is 12.3. The molecule has 0 unspecified atom stereocenters. The lowest BCUT2D eigenvalue weighted by Gasteiger charge is -2.17. The highest BCUT2D eigenvalue weighted by atomic mass is 19.4. The topological polar surface area (TPSA) is 29.1 Å². The first kappa shape index (κ1) is 14.6. The van der Waals surface area contributed by atoms with Crippen LogP contribution in [-0.4, -0.2) is 5.91 Å². The van der Waals surface area contributed by atoms with Crippen LogP contribution in [0.1, 0.15) is 39.5 Å². The second kappa shape index (κ2) is 5.48. The molecule has 114 valence electrons. The lowest BCUT2D eigenvalue weighted by atomic mass is 10.0. The Kier molecular flexibility index (Phi) is 3.64. The monoisotopic (exact) mass is 305 g/mol. The maximum absolute atomic E-state index is 13.0. The number of rotatable bonds is 2. The Bertz CT molecular complexity index is 709. The van der Waals surface area contributed by atoms with Gasteiger partial charge in [0.2, 0.25) is 0 Å². The van der Waals surface area contributed by atoms with Gasteiger partial charge in [0.05, 0.1) is 17.2 Å². The van der Waals surface area contributed by atoms with E-state index >= 15 is 0 Å². The highest BCUT2D eigenvalue weighted by molar-refractivity contribution is 5.96. The molecule has 0 saturated heterocycles. The van der Waals surface area contributed by atoms with Crippen LogP contribution < -0.4 is 5.32 Å². The third-order valence-electron chi connectivity index (χ3n) is 3.92. The molecule has 0 aromatic heterocycles. The fourth-order valence-electron chi connectivity index (χ4n) is 2.87. The SMILES string of the molecule is O=C(N[C@@H]1CCc2ccccc21)c1ccccc1C(F)(F)F. The van der Waals surface area contributed by atoms with Gasteiger partial charge < -0.3 is 5.32 Å². The lowest BCUT2D eigenvalue weighted by Crippen LogP contribution is -2.29. The van der Waals surface area contributed by atoms with Crippen LogP contribution in [-0.2, 0) is 12.6 Å². The van der Waals surface area contributed by atoms with Gasteiger partial charge in [-0.1, -0.05) is 36.4 Å². The Morgan fingerprint density at radius 1 is 1.05 bits per heavy atom. The molecule has 0 spiro atoms. The molecule has 2 aromatic rings. The molecule has 0 fully saturated rings. The Hall–Kier alpha value is -2.30. The summed E-state index contributed by atoms with van der Waals surface area (Å²) in [5, 5.41) is 2.72. The summed E-state index contributed by atoms with van der Waals surface area (Å²) in [6.07, 6.45) is -3.01. The normalized spacial score (nSPS) is 17.1. The van der Waals surface area contributed by atoms with Crippen molar-refractivity contribution in [1.29, 1.82) is 0 Å². The molecule has 2 aromatic carbocycles. The van der Waals surface area contributed by atoms with E-state index in [1.165, 1.54) is 18.2 Å². The van der Waals surface area contributed by atoms with Crippen LogP contribution in [0.25, 0.3) is 0 Å². The minimum Gasteiger partial charge on any atom is -0.345 e. The number of hydrogen-bond acceptors (Lipinski definition) is 1. The number of halogens is 3. The zero-order chi connectivity index (χ0) is 15.7. The minimum absolute atomic E-state index is 0.231. The predicted molar refractivity (Wildman–Crippen MR) is 76.4 cm³/mol. The van der Waals surface area contributed by atoms with Crippen molar-refractivity contribution in [1.82, 2.24) is 5.32 Å². The maximum atomic E-state index is 13.0. The van der Waals surface area contributed by atoms with Gasteiger partial charge in [-0.2, -0.15) is 13.2 Å². The first-order valence-electron chi connectivity index (χ1n) is 7.01. The van der Waals surface area contributed by atoms with Crippen LogP contribution in [0.2, 0.25) is 0 Å². The van der Waals surface area contributed by atoms with Gasteiger partial charge in [-0.05, 0) is 36.1 Å². The van der Waals surface area contributed by atoms with Crippen molar-refractivity contribution in [3.63, 3.8) is 0 Å². The standard InChI is InChI=1S/C17H14F3NO/c18-17(19,20)14-8-4-3-7-13(14)16(22)21-15-10-9-11-5-1-2-6-12(11)15/h1-8,15H,9-10H2,(H,21,22)/t15-/m1/s1. The van der Waals surface area contributed by atoms with Crippen molar-refractivity contribution in [3.8, 4) is 0 Å². The van der Waals surface area contributed by atoms with Crippen LogP contribution in [0.15, 0.2) is 48.5 Å². The van der Waals surface area contributed by atoms with Gasteiger partial charge in [0.15, 0.2) is 0 Å². The summed E-state index contributed by atoms with van der Waals surface area (Å²) in [5.41, 5.74) is 0.885. The van der Waals surface area contributed by atoms with E-state index in [1.54, 1.807) is 0 Å². The van der Waals surface area contributed by atoms with Crippen molar-refractivity contribution in [2.24, 2.45) is 0 Å². The van der Waals surface area contributed by atoms with Crippen molar-refractivity contribution < 1.29 is 18.0 Å². The number of fused-ring (bicyclic) bond motifs is 1. The molecule has 2 nitrogen and oxygen atoms in total. The molecule has 3 rings (SSSR count). The molecule has 0 bridgehead atoms. The van der Waals surface area contributed by atoms with E-state index in [-0.39, 0.29) is 11.6 Å². The van der Waals surface area contributed by atoms with Gasteiger partial charge in [0.25, 0.3) is 5.91 Å². The fourth-order valence-corrected chi connectivity index (χ4v) is 2.87. The van der Waals surface area contributed by atoms with Crippen LogP contribution >= 0.6 is 0 Å². The molecule has 5 heteroatoms. The quantitative estimate of drug-likeness (QED) is 0.888. The van der Waals surface area contributed by atoms with E-state index in [9.17, 15) is 18.0 Å². The summed E-state index contributed by atoms with van der Waals surface area (Å²) in [4.78, 5) is 12.3. The molecule has 0 heterocycles. The Labute approximate surface area is 126 Å². The van der Waals surface area contributed by atoms with Gasteiger partial charge in [0, 0.05) is 0 Å². The van der Waals surface area contributed by atoms with E-state index in [0.717, 1.165) is 23.6 Å². The van der Waals surface area contributed by atoms with Crippen LogP contribution in [0.3, 0.4) is 0 Å². The first-order valence-corrected chi connectivity index (χ1v) is 7.01. The van der Waals surface area contributed by atoms with Gasteiger partial charge in [-0.25, -0.2) is 0 Å². The molecule has 0 radical (unpaired) electrons. The number of carbonyl (C=O) groups excluding carboxylic acids is 1. The largest absolute Gasteiger partial charge is 0.417 e. The molecule has 1 aliphatic rings. The highest BCUT2D eigenvalue weighted by Crippen LogP contribution is 2.34. The molecule has 0 aliphatic heterocycles. The maximum Gasteiger partial charge on any atom is 0.417 e. The smallest absolute Gasteiger partial charge is 0.345 e. The number of hydrogen-bond donors (Lipinski definition) is 1. The summed E-state index contributed by atoms with van der Waals surface area (Å²) < 4.78 is 38.9. The lowest BCUT2D eigenvalue weighted by molar-refractivity contribution is -0.137. The average molecular weight is 305 g/mol. The molecule has 1 atom stereocenters. The first-order chi connectivity index (χ1) is 10.5. The molecular weight excluding hydrogens is 291 g/mol. The van der Waals surface area contributed by atoms with Crippen LogP contribution in [0.5, 0.6) is 0 Å². The van der Waals surface area contributed by atoms with Crippen molar-refractivity contribution >= 4 is 5.91 Å². The minimum atomic E-state index is -4.54. The third kappa shape index (κ3) is 2.71. The van der Waals surface area contributed by atoms with Crippen molar-refractivity contribution in [2.45, 2.75) is 25.1 Å². The number of aryl methyl sites for hydroxylation is 1. The molecule has 1 aliphatic carbocycles. The average Bonchev–Trinajstić information content (AvgIpc) is 2.90. The third-order valence-corrected chi connectivity index (χ3v) is 3.92. The van der Waals surface area contributed by atoms with E-state index in [1.807, 2.05) is 24.3 Å². The van der Waals surface area contributed by atoms with Crippen LogP contribution in [0.4, 0.5) is 13.2 Å². The molecule has 22 heavy (non-hydrogen) atoms. The second-order valence-electron chi connectivity index (χ2n) is 5.31. The molecular formula is C17H14F3NO. The summed E-state index contributed by atoms with van der Waals surface area (Å²) in [5.74, 6) is -0.686. The Morgan fingerprint density at radius 2 is 1.73 bits per heavy atom. The Balaban J connectivity index is 1.85. The van der Waals surface area contributed by atoms with E-state index in [2.05, 4.69) is 5.32 Å². The zero-order valence-corrected chi connectivity index (χ0v) is 11.7. The molecule has 1 amide bonds. The number of amides is 1. The fraction of sp³-hybridized carbons (Fsp3) is 0.235. The Morgan fingerprint density at radius 3 is 2.50 bits per heavy atom. The van der Waals surface area contributed by atoms with Crippen molar-refractivity contribution in [2.75, 3.05) is 0 Å².